The molecule has 4 heteroatoms. The molecule has 0 aromatic heterocycles. The molecule has 1 heterocycles. The van der Waals surface area contributed by atoms with Crippen LogP contribution in [0.15, 0.2) is 0 Å². The monoisotopic (exact) mass is 224 g/mol. The van der Waals surface area contributed by atoms with Crippen LogP contribution in [-0.2, 0) is 9.59 Å². The van der Waals surface area contributed by atoms with Gasteiger partial charge in [0.15, 0.2) is 0 Å². The van der Waals surface area contributed by atoms with Crippen molar-refractivity contribution in [3.63, 3.8) is 0 Å². The van der Waals surface area contributed by atoms with E-state index in [0.29, 0.717) is 18.9 Å². The lowest BCUT2D eigenvalue weighted by atomic mass is 9.85. The quantitative estimate of drug-likeness (QED) is 0.767. The molecule has 1 aliphatic carbocycles. The average Bonchev–Trinajstić information content (AvgIpc) is 2.63. The summed E-state index contributed by atoms with van der Waals surface area (Å²) in [6, 6.07) is 0. The first-order valence-electron chi connectivity index (χ1n) is 6.26. The summed E-state index contributed by atoms with van der Waals surface area (Å²) >= 11 is 0. The number of hydrogen-bond acceptors (Lipinski definition) is 2. The van der Waals surface area contributed by atoms with Gasteiger partial charge in [0.1, 0.15) is 0 Å². The fraction of sp³-hybridized carbons (Fsp3) is 0.833. The number of carbonyl (C=O) groups is 2. The lowest BCUT2D eigenvalue weighted by Gasteiger charge is -2.32. The minimum atomic E-state index is -0.118. The van der Waals surface area contributed by atoms with Gasteiger partial charge >= 0.3 is 0 Å². The third kappa shape index (κ3) is 2.36. The Labute approximate surface area is 96.4 Å². The van der Waals surface area contributed by atoms with E-state index in [1.807, 2.05) is 11.8 Å². The second kappa shape index (κ2) is 4.85. The van der Waals surface area contributed by atoms with Crippen molar-refractivity contribution in [2.45, 2.75) is 32.6 Å². The Morgan fingerprint density at radius 1 is 1.50 bits per heavy atom. The maximum atomic E-state index is 12.1. The fourth-order valence-electron chi connectivity index (χ4n) is 2.40. The van der Waals surface area contributed by atoms with Crippen molar-refractivity contribution in [1.82, 2.24) is 10.2 Å². The van der Waals surface area contributed by atoms with Crippen molar-refractivity contribution in [3.8, 4) is 0 Å². The van der Waals surface area contributed by atoms with E-state index in [0.717, 1.165) is 13.1 Å². The van der Waals surface area contributed by atoms with E-state index in [9.17, 15) is 9.59 Å². The number of rotatable bonds is 4. The standard InChI is InChI=1S/C12H20N2O2/c1-2-14(8-9-4-3-5-9)12(16)10-6-11(15)13-7-10/h9-10H,2-8H2,1H3,(H,13,15). The molecular weight excluding hydrogens is 204 g/mol. The van der Waals surface area contributed by atoms with Crippen LogP contribution in [0.1, 0.15) is 32.6 Å². The first-order valence-corrected chi connectivity index (χ1v) is 6.26. The van der Waals surface area contributed by atoms with Gasteiger partial charge in [0.25, 0.3) is 0 Å². The summed E-state index contributed by atoms with van der Waals surface area (Å²) in [6.45, 7) is 4.19. The minimum Gasteiger partial charge on any atom is -0.355 e. The molecule has 1 saturated carbocycles. The number of nitrogens with one attached hydrogen (secondary N) is 1. The summed E-state index contributed by atoms with van der Waals surface area (Å²) in [5, 5.41) is 2.72. The molecule has 1 N–H and O–H groups in total. The second-order valence-corrected chi connectivity index (χ2v) is 4.88. The van der Waals surface area contributed by atoms with E-state index >= 15 is 0 Å². The summed E-state index contributed by atoms with van der Waals surface area (Å²) in [5.41, 5.74) is 0. The maximum absolute atomic E-state index is 12.1. The van der Waals surface area contributed by atoms with Crippen molar-refractivity contribution in [2.24, 2.45) is 11.8 Å². The highest BCUT2D eigenvalue weighted by molar-refractivity contribution is 5.89. The minimum absolute atomic E-state index is 0.0121. The van der Waals surface area contributed by atoms with E-state index in [-0.39, 0.29) is 17.7 Å². The second-order valence-electron chi connectivity index (χ2n) is 4.88. The fourth-order valence-corrected chi connectivity index (χ4v) is 2.40. The smallest absolute Gasteiger partial charge is 0.227 e. The maximum Gasteiger partial charge on any atom is 0.227 e. The highest BCUT2D eigenvalue weighted by atomic mass is 16.2. The number of hydrogen-bond donors (Lipinski definition) is 1. The molecule has 0 bridgehead atoms. The topological polar surface area (TPSA) is 49.4 Å². The third-order valence-corrected chi connectivity index (χ3v) is 3.72. The number of amides is 2. The van der Waals surface area contributed by atoms with Gasteiger partial charge in [-0.3, -0.25) is 9.59 Å². The van der Waals surface area contributed by atoms with Crippen LogP contribution >= 0.6 is 0 Å². The predicted octanol–water partition coefficient (Wildman–Crippen LogP) is 0.771. The highest BCUT2D eigenvalue weighted by Gasteiger charge is 2.32. The lowest BCUT2D eigenvalue weighted by Crippen LogP contribution is -2.41. The van der Waals surface area contributed by atoms with Crippen LogP contribution in [0.3, 0.4) is 0 Å². The average molecular weight is 224 g/mol. The summed E-state index contributed by atoms with van der Waals surface area (Å²) < 4.78 is 0. The van der Waals surface area contributed by atoms with Gasteiger partial charge in [-0.2, -0.15) is 0 Å². The molecule has 2 aliphatic rings. The molecule has 2 rings (SSSR count). The predicted molar refractivity (Wildman–Crippen MR) is 60.7 cm³/mol. The van der Waals surface area contributed by atoms with Gasteiger partial charge in [-0.05, 0) is 25.7 Å². The molecule has 1 unspecified atom stereocenters. The van der Waals surface area contributed by atoms with Crippen molar-refractivity contribution in [1.29, 1.82) is 0 Å². The molecule has 0 aromatic rings. The molecule has 0 spiro atoms. The van der Waals surface area contributed by atoms with E-state index in [2.05, 4.69) is 5.32 Å². The Morgan fingerprint density at radius 3 is 2.69 bits per heavy atom. The van der Waals surface area contributed by atoms with Gasteiger partial charge in [0.2, 0.25) is 11.8 Å². The normalized spacial score (nSPS) is 25.1. The van der Waals surface area contributed by atoms with Gasteiger partial charge in [-0.15, -0.1) is 0 Å². The van der Waals surface area contributed by atoms with Crippen LogP contribution < -0.4 is 5.32 Å². The van der Waals surface area contributed by atoms with Crippen LogP contribution in [0.2, 0.25) is 0 Å². The molecule has 2 amide bonds. The van der Waals surface area contributed by atoms with Gasteiger partial charge < -0.3 is 10.2 Å². The van der Waals surface area contributed by atoms with Crippen LogP contribution in [0, 0.1) is 11.8 Å². The Balaban J connectivity index is 1.87. The van der Waals surface area contributed by atoms with E-state index in [1.165, 1.54) is 19.3 Å². The Morgan fingerprint density at radius 2 is 2.25 bits per heavy atom. The Hall–Kier alpha value is -1.06. The van der Waals surface area contributed by atoms with Crippen molar-refractivity contribution in [3.05, 3.63) is 0 Å². The molecule has 0 aromatic carbocycles. The van der Waals surface area contributed by atoms with E-state index in [4.69, 9.17) is 0 Å². The first-order chi connectivity index (χ1) is 7.70. The Bertz CT molecular complexity index is 287. The van der Waals surface area contributed by atoms with Crippen molar-refractivity contribution >= 4 is 11.8 Å². The largest absolute Gasteiger partial charge is 0.355 e. The summed E-state index contributed by atoms with van der Waals surface area (Å²) in [6.07, 6.45) is 4.19. The summed E-state index contributed by atoms with van der Waals surface area (Å²) in [4.78, 5) is 25.1. The molecule has 90 valence electrons. The van der Waals surface area contributed by atoms with E-state index < -0.39 is 0 Å². The van der Waals surface area contributed by atoms with Crippen LogP contribution in [0.4, 0.5) is 0 Å². The lowest BCUT2D eigenvalue weighted by molar-refractivity contribution is -0.136. The number of carbonyl (C=O) groups excluding carboxylic acids is 2. The molecule has 1 aliphatic heterocycles. The molecule has 1 atom stereocenters. The molecule has 2 fully saturated rings. The van der Waals surface area contributed by atoms with Gasteiger partial charge in [0.05, 0.1) is 5.92 Å². The van der Waals surface area contributed by atoms with Gasteiger partial charge in [-0.25, -0.2) is 0 Å². The molecule has 16 heavy (non-hydrogen) atoms. The summed E-state index contributed by atoms with van der Waals surface area (Å²) in [5.74, 6) is 0.757. The van der Waals surface area contributed by atoms with Crippen LogP contribution in [0.25, 0.3) is 0 Å². The highest BCUT2D eigenvalue weighted by Crippen LogP contribution is 2.27. The SMILES string of the molecule is CCN(CC1CCC1)C(=O)C1CNC(=O)C1. The summed E-state index contributed by atoms with van der Waals surface area (Å²) in [7, 11) is 0. The molecule has 4 nitrogen and oxygen atoms in total. The number of nitrogens with zero attached hydrogens (tertiary/aromatic N) is 1. The van der Waals surface area contributed by atoms with Crippen molar-refractivity contribution in [2.75, 3.05) is 19.6 Å². The Kier molecular flexibility index (Phi) is 3.46. The molecule has 0 radical (unpaired) electrons. The molecule has 1 saturated heterocycles. The zero-order valence-electron chi connectivity index (χ0n) is 9.87. The van der Waals surface area contributed by atoms with Crippen LogP contribution in [0.5, 0.6) is 0 Å². The zero-order valence-corrected chi connectivity index (χ0v) is 9.87. The molecular formula is C12H20N2O2. The third-order valence-electron chi connectivity index (χ3n) is 3.72. The zero-order chi connectivity index (χ0) is 11.5. The van der Waals surface area contributed by atoms with Crippen molar-refractivity contribution < 1.29 is 9.59 Å². The first kappa shape index (κ1) is 11.4. The van der Waals surface area contributed by atoms with Gasteiger partial charge in [0, 0.05) is 26.1 Å². The van der Waals surface area contributed by atoms with Crippen LogP contribution in [-0.4, -0.2) is 36.3 Å². The van der Waals surface area contributed by atoms with Gasteiger partial charge in [-0.1, -0.05) is 6.42 Å². The van der Waals surface area contributed by atoms with E-state index in [1.54, 1.807) is 0 Å².